The van der Waals surface area contributed by atoms with Crippen LogP contribution in [0.5, 0.6) is 0 Å². The van der Waals surface area contributed by atoms with E-state index in [2.05, 4.69) is 27.7 Å². The van der Waals surface area contributed by atoms with E-state index in [0.717, 1.165) is 23.2 Å². The van der Waals surface area contributed by atoms with Crippen LogP contribution in [0.2, 0.25) is 0 Å². The van der Waals surface area contributed by atoms with E-state index in [-0.39, 0.29) is 0 Å². The SMILES string of the molecule is CC1(C)CC(CCC2CCC3(C)OC3C2)C2CC2(C)C1. The van der Waals surface area contributed by atoms with Gasteiger partial charge in [0.25, 0.3) is 0 Å². The molecule has 3 saturated carbocycles. The maximum Gasteiger partial charge on any atom is 0.0920 e. The molecule has 1 heteroatoms. The highest BCUT2D eigenvalue weighted by atomic mass is 16.6. The third-order valence-corrected chi connectivity index (χ3v) is 7.26. The first-order valence-corrected chi connectivity index (χ1v) is 8.98. The lowest BCUT2D eigenvalue weighted by Crippen LogP contribution is -2.29. The molecule has 1 saturated heterocycles. The Morgan fingerprint density at radius 1 is 1.05 bits per heavy atom. The van der Waals surface area contributed by atoms with Crippen LogP contribution < -0.4 is 0 Å². The Balaban J connectivity index is 1.31. The van der Waals surface area contributed by atoms with Gasteiger partial charge in [0, 0.05) is 0 Å². The molecule has 0 spiro atoms. The highest BCUT2D eigenvalue weighted by molar-refractivity contribution is 5.09. The molecule has 4 aliphatic rings. The van der Waals surface area contributed by atoms with E-state index in [1.165, 1.54) is 51.4 Å². The fraction of sp³-hybridized carbons (Fsp3) is 1.00. The van der Waals surface area contributed by atoms with E-state index in [9.17, 15) is 0 Å². The Hall–Kier alpha value is -0.0400. The smallest absolute Gasteiger partial charge is 0.0920 e. The molecule has 0 aromatic rings. The van der Waals surface area contributed by atoms with Gasteiger partial charge in [-0.05, 0) is 80.5 Å². The zero-order valence-corrected chi connectivity index (χ0v) is 13.9. The minimum absolute atomic E-state index is 0.304. The van der Waals surface area contributed by atoms with Crippen LogP contribution in [-0.4, -0.2) is 11.7 Å². The number of rotatable bonds is 3. The second kappa shape index (κ2) is 4.03. The van der Waals surface area contributed by atoms with Crippen molar-refractivity contribution in [2.45, 2.75) is 90.8 Å². The maximum absolute atomic E-state index is 5.87. The topological polar surface area (TPSA) is 12.5 Å². The van der Waals surface area contributed by atoms with Crippen molar-refractivity contribution in [3.63, 3.8) is 0 Å². The Morgan fingerprint density at radius 2 is 1.85 bits per heavy atom. The van der Waals surface area contributed by atoms with Crippen molar-refractivity contribution >= 4 is 0 Å². The van der Waals surface area contributed by atoms with E-state index in [1.807, 2.05) is 0 Å². The first kappa shape index (κ1) is 13.6. The van der Waals surface area contributed by atoms with Crippen molar-refractivity contribution in [2.24, 2.45) is 28.6 Å². The minimum atomic E-state index is 0.304. The molecule has 0 amide bonds. The first-order chi connectivity index (χ1) is 9.30. The number of ether oxygens (including phenoxy) is 1. The highest BCUT2D eigenvalue weighted by Crippen LogP contribution is 2.68. The minimum Gasteiger partial charge on any atom is -0.366 e. The van der Waals surface area contributed by atoms with Gasteiger partial charge in [-0.15, -0.1) is 0 Å². The molecular formula is C19H32O. The molecule has 1 aliphatic heterocycles. The second-order valence-corrected chi connectivity index (χ2v) is 9.91. The van der Waals surface area contributed by atoms with Gasteiger partial charge in [0.2, 0.25) is 0 Å². The fourth-order valence-corrected chi connectivity index (χ4v) is 6.13. The lowest BCUT2D eigenvalue weighted by Gasteiger charge is -2.39. The maximum atomic E-state index is 5.87. The number of epoxide rings is 1. The second-order valence-electron chi connectivity index (χ2n) is 9.91. The summed E-state index contributed by atoms with van der Waals surface area (Å²) in [5, 5.41) is 0. The average Bonchev–Trinajstić information content (AvgIpc) is 3.18. The van der Waals surface area contributed by atoms with Crippen LogP contribution >= 0.6 is 0 Å². The standard InChI is InChI=1S/C19H32O/c1-17(2)10-14(15-11-18(15,3)12-17)6-5-13-7-8-19(4)16(9-13)20-19/h13-16H,5-12H2,1-4H3. The summed E-state index contributed by atoms with van der Waals surface area (Å²) in [6.45, 7) is 9.87. The number of hydrogen-bond donors (Lipinski definition) is 0. The molecular weight excluding hydrogens is 244 g/mol. The summed E-state index contributed by atoms with van der Waals surface area (Å²) in [6.07, 6.45) is 12.2. The van der Waals surface area contributed by atoms with Crippen molar-refractivity contribution in [3.05, 3.63) is 0 Å². The average molecular weight is 276 g/mol. The van der Waals surface area contributed by atoms with Crippen molar-refractivity contribution in [3.8, 4) is 0 Å². The van der Waals surface area contributed by atoms with Gasteiger partial charge < -0.3 is 4.74 Å². The lowest BCUT2D eigenvalue weighted by atomic mass is 9.66. The predicted octanol–water partition coefficient (Wildman–Crippen LogP) is 5.19. The van der Waals surface area contributed by atoms with Crippen LogP contribution in [0.3, 0.4) is 0 Å². The summed E-state index contributed by atoms with van der Waals surface area (Å²) in [6, 6.07) is 0. The van der Waals surface area contributed by atoms with E-state index in [0.29, 0.717) is 17.1 Å². The van der Waals surface area contributed by atoms with Gasteiger partial charge >= 0.3 is 0 Å². The van der Waals surface area contributed by atoms with Crippen molar-refractivity contribution in [1.29, 1.82) is 0 Å². The van der Waals surface area contributed by atoms with Gasteiger partial charge in [0.1, 0.15) is 0 Å². The molecule has 114 valence electrons. The fourth-order valence-electron chi connectivity index (χ4n) is 6.13. The van der Waals surface area contributed by atoms with Crippen LogP contribution in [0.1, 0.15) is 79.1 Å². The van der Waals surface area contributed by atoms with Crippen molar-refractivity contribution < 1.29 is 4.74 Å². The van der Waals surface area contributed by atoms with E-state index in [1.54, 1.807) is 0 Å². The summed E-state index contributed by atoms with van der Waals surface area (Å²) in [5.74, 6) is 3.06. The third kappa shape index (κ3) is 2.25. The summed E-state index contributed by atoms with van der Waals surface area (Å²) < 4.78 is 5.87. The third-order valence-electron chi connectivity index (χ3n) is 7.26. The molecule has 1 nitrogen and oxygen atoms in total. The largest absolute Gasteiger partial charge is 0.366 e. The lowest BCUT2D eigenvalue weighted by molar-refractivity contribution is 0.113. The zero-order chi connectivity index (χ0) is 14.2. The molecule has 0 radical (unpaired) electrons. The molecule has 4 rings (SSSR count). The van der Waals surface area contributed by atoms with Gasteiger partial charge in [-0.25, -0.2) is 0 Å². The van der Waals surface area contributed by atoms with Crippen LogP contribution in [0.25, 0.3) is 0 Å². The van der Waals surface area contributed by atoms with Crippen LogP contribution in [0.15, 0.2) is 0 Å². The summed E-state index contributed by atoms with van der Waals surface area (Å²) in [4.78, 5) is 0. The van der Waals surface area contributed by atoms with E-state index < -0.39 is 0 Å². The zero-order valence-electron chi connectivity index (χ0n) is 13.9. The molecule has 0 bridgehead atoms. The summed E-state index contributed by atoms with van der Waals surface area (Å²) >= 11 is 0. The normalized spacial score (nSPS) is 55.8. The molecule has 0 aromatic carbocycles. The molecule has 3 aliphatic carbocycles. The number of fused-ring (bicyclic) bond motifs is 2. The Morgan fingerprint density at radius 3 is 2.60 bits per heavy atom. The summed E-state index contributed by atoms with van der Waals surface area (Å²) in [5.41, 5.74) is 1.62. The van der Waals surface area contributed by atoms with Crippen molar-refractivity contribution in [1.82, 2.24) is 0 Å². The van der Waals surface area contributed by atoms with Crippen LogP contribution in [-0.2, 0) is 4.74 Å². The van der Waals surface area contributed by atoms with Crippen LogP contribution in [0.4, 0.5) is 0 Å². The Labute approximate surface area is 124 Å². The van der Waals surface area contributed by atoms with Crippen LogP contribution in [0, 0.1) is 28.6 Å². The van der Waals surface area contributed by atoms with Gasteiger partial charge in [-0.2, -0.15) is 0 Å². The quantitative estimate of drug-likeness (QED) is 0.646. The molecule has 4 fully saturated rings. The first-order valence-electron chi connectivity index (χ1n) is 8.98. The Kier molecular flexibility index (Phi) is 2.74. The van der Waals surface area contributed by atoms with Gasteiger partial charge in [-0.3, -0.25) is 0 Å². The van der Waals surface area contributed by atoms with Gasteiger partial charge in [0.15, 0.2) is 0 Å². The van der Waals surface area contributed by atoms with Crippen molar-refractivity contribution in [2.75, 3.05) is 0 Å². The molecule has 20 heavy (non-hydrogen) atoms. The highest BCUT2D eigenvalue weighted by Gasteiger charge is 2.59. The van der Waals surface area contributed by atoms with Gasteiger partial charge in [-0.1, -0.05) is 27.2 Å². The molecule has 0 N–H and O–H groups in total. The van der Waals surface area contributed by atoms with E-state index in [4.69, 9.17) is 4.74 Å². The molecule has 0 aromatic heterocycles. The number of hydrogen-bond acceptors (Lipinski definition) is 1. The Bertz CT molecular complexity index is 411. The molecule has 6 unspecified atom stereocenters. The molecule has 1 heterocycles. The predicted molar refractivity (Wildman–Crippen MR) is 82.6 cm³/mol. The van der Waals surface area contributed by atoms with Gasteiger partial charge in [0.05, 0.1) is 11.7 Å². The molecule has 6 atom stereocenters. The monoisotopic (exact) mass is 276 g/mol. The summed E-state index contributed by atoms with van der Waals surface area (Å²) in [7, 11) is 0. The van der Waals surface area contributed by atoms with E-state index >= 15 is 0 Å².